The lowest BCUT2D eigenvalue weighted by Gasteiger charge is -2.14. The van der Waals surface area contributed by atoms with E-state index in [-0.39, 0.29) is 18.0 Å². The molecule has 1 heterocycles. The third-order valence-corrected chi connectivity index (χ3v) is 4.48. The predicted molar refractivity (Wildman–Crippen MR) is 95.9 cm³/mol. The van der Waals surface area contributed by atoms with E-state index in [0.717, 1.165) is 28.2 Å². The molecule has 7 nitrogen and oxygen atoms in total. The highest BCUT2D eigenvalue weighted by molar-refractivity contribution is 8.13. The lowest BCUT2D eigenvalue weighted by atomic mass is 10.0. The molecule has 1 atom stereocenters. The SMILES string of the molecule is COc1ccc2[nH]cc(CC(NC(=O)CCSC(C)=O)C(=O)O)c2c1. The maximum atomic E-state index is 11.9. The highest BCUT2D eigenvalue weighted by Gasteiger charge is 2.22. The fourth-order valence-electron chi connectivity index (χ4n) is 2.43. The number of thioether (sulfide) groups is 1. The number of hydrogen-bond acceptors (Lipinski definition) is 5. The molecule has 2 rings (SSSR count). The van der Waals surface area contributed by atoms with Crippen LogP contribution in [0, 0.1) is 0 Å². The van der Waals surface area contributed by atoms with E-state index >= 15 is 0 Å². The smallest absolute Gasteiger partial charge is 0.326 e. The van der Waals surface area contributed by atoms with E-state index in [9.17, 15) is 19.5 Å². The molecule has 0 spiro atoms. The Morgan fingerprint density at radius 1 is 1.36 bits per heavy atom. The molecule has 134 valence electrons. The maximum Gasteiger partial charge on any atom is 0.326 e. The van der Waals surface area contributed by atoms with Gasteiger partial charge in [0.05, 0.1) is 7.11 Å². The van der Waals surface area contributed by atoms with E-state index in [4.69, 9.17) is 4.74 Å². The van der Waals surface area contributed by atoms with Crippen LogP contribution in [0.15, 0.2) is 24.4 Å². The Labute approximate surface area is 149 Å². The van der Waals surface area contributed by atoms with Gasteiger partial charge >= 0.3 is 5.97 Å². The molecular formula is C17H20N2O5S. The third kappa shape index (κ3) is 5.25. The molecule has 0 aliphatic carbocycles. The molecule has 0 saturated heterocycles. The van der Waals surface area contributed by atoms with Crippen molar-refractivity contribution in [2.24, 2.45) is 0 Å². The Morgan fingerprint density at radius 2 is 2.12 bits per heavy atom. The topological polar surface area (TPSA) is 108 Å². The summed E-state index contributed by atoms with van der Waals surface area (Å²) in [6.45, 7) is 1.42. The van der Waals surface area contributed by atoms with Crippen LogP contribution in [-0.2, 0) is 20.8 Å². The van der Waals surface area contributed by atoms with Crippen molar-refractivity contribution >= 4 is 39.7 Å². The molecule has 0 aliphatic heterocycles. The molecule has 1 unspecified atom stereocenters. The normalized spacial score (nSPS) is 11.9. The van der Waals surface area contributed by atoms with Crippen molar-refractivity contribution in [2.45, 2.75) is 25.8 Å². The molecule has 25 heavy (non-hydrogen) atoms. The summed E-state index contributed by atoms with van der Waals surface area (Å²) in [4.78, 5) is 37.3. The summed E-state index contributed by atoms with van der Waals surface area (Å²) in [5.41, 5.74) is 1.64. The van der Waals surface area contributed by atoms with Crippen LogP contribution in [0.1, 0.15) is 18.9 Å². The van der Waals surface area contributed by atoms with Crippen LogP contribution in [0.2, 0.25) is 0 Å². The summed E-state index contributed by atoms with van der Waals surface area (Å²) in [5.74, 6) is -0.494. The number of carbonyl (C=O) groups excluding carboxylic acids is 2. The summed E-state index contributed by atoms with van der Waals surface area (Å²) in [6, 6.07) is 4.45. The van der Waals surface area contributed by atoms with Crippen molar-refractivity contribution in [3.05, 3.63) is 30.0 Å². The molecule has 0 radical (unpaired) electrons. The Bertz CT molecular complexity index is 786. The average Bonchev–Trinajstić information content (AvgIpc) is 2.95. The first kappa shape index (κ1) is 18.9. The van der Waals surface area contributed by atoms with Crippen molar-refractivity contribution in [1.82, 2.24) is 10.3 Å². The van der Waals surface area contributed by atoms with Crippen LogP contribution >= 0.6 is 11.8 Å². The first-order chi connectivity index (χ1) is 11.9. The second-order valence-corrected chi connectivity index (χ2v) is 6.75. The van der Waals surface area contributed by atoms with Crippen LogP contribution in [0.25, 0.3) is 10.9 Å². The van der Waals surface area contributed by atoms with Gasteiger partial charge in [-0.15, -0.1) is 0 Å². The summed E-state index contributed by atoms with van der Waals surface area (Å²) < 4.78 is 5.20. The summed E-state index contributed by atoms with van der Waals surface area (Å²) in [7, 11) is 1.56. The minimum Gasteiger partial charge on any atom is -0.497 e. The number of methoxy groups -OCH3 is 1. The predicted octanol–water partition coefficient (Wildman–Crippen LogP) is 1.96. The summed E-state index contributed by atoms with van der Waals surface area (Å²) in [5, 5.41) is 12.7. The number of nitrogens with one attached hydrogen (secondary N) is 2. The van der Waals surface area contributed by atoms with Crippen molar-refractivity contribution in [3.8, 4) is 5.75 Å². The molecule has 8 heteroatoms. The lowest BCUT2D eigenvalue weighted by molar-refractivity contribution is -0.141. The number of aliphatic carboxylic acids is 1. The number of rotatable bonds is 8. The highest BCUT2D eigenvalue weighted by atomic mass is 32.2. The van der Waals surface area contributed by atoms with Gasteiger partial charge in [-0.05, 0) is 23.8 Å². The molecule has 0 fully saturated rings. The number of amides is 1. The molecule has 3 N–H and O–H groups in total. The maximum absolute atomic E-state index is 11.9. The van der Waals surface area contributed by atoms with Gasteiger partial charge in [0.1, 0.15) is 11.8 Å². The fraction of sp³-hybridized carbons (Fsp3) is 0.353. The Kier molecular flexibility index (Phi) is 6.46. The van der Waals surface area contributed by atoms with Crippen LogP contribution < -0.4 is 10.1 Å². The number of carboxylic acid groups (broad SMARTS) is 1. The van der Waals surface area contributed by atoms with E-state index < -0.39 is 17.9 Å². The van der Waals surface area contributed by atoms with Crippen molar-refractivity contribution in [2.75, 3.05) is 12.9 Å². The van der Waals surface area contributed by atoms with Gasteiger partial charge in [-0.1, -0.05) is 11.8 Å². The molecule has 1 amide bonds. The van der Waals surface area contributed by atoms with Gasteiger partial charge in [0.25, 0.3) is 0 Å². The van der Waals surface area contributed by atoms with Crippen molar-refractivity contribution in [1.29, 1.82) is 0 Å². The van der Waals surface area contributed by atoms with Gasteiger partial charge in [-0.3, -0.25) is 9.59 Å². The second-order valence-electron chi connectivity index (χ2n) is 5.48. The molecule has 2 aromatic rings. The molecule has 1 aromatic carbocycles. The van der Waals surface area contributed by atoms with Gasteiger partial charge in [0.15, 0.2) is 5.12 Å². The number of ether oxygens (including phenoxy) is 1. The average molecular weight is 364 g/mol. The van der Waals surface area contributed by atoms with Crippen LogP contribution in [0.5, 0.6) is 5.75 Å². The number of benzene rings is 1. The molecule has 0 aliphatic rings. The minimum atomic E-state index is -1.11. The number of carbonyl (C=O) groups is 3. The zero-order chi connectivity index (χ0) is 18.4. The van der Waals surface area contributed by atoms with E-state index in [1.165, 1.54) is 6.92 Å². The second kappa shape index (κ2) is 8.57. The quantitative estimate of drug-likeness (QED) is 0.661. The van der Waals surface area contributed by atoms with Crippen molar-refractivity contribution < 1.29 is 24.2 Å². The largest absolute Gasteiger partial charge is 0.497 e. The van der Waals surface area contributed by atoms with Crippen LogP contribution in [-0.4, -0.2) is 46.0 Å². The third-order valence-electron chi connectivity index (χ3n) is 3.67. The first-order valence-electron chi connectivity index (χ1n) is 7.70. The number of hydrogen-bond donors (Lipinski definition) is 3. The summed E-state index contributed by atoms with van der Waals surface area (Å²) >= 11 is 1.04. The highest BCUT2D eigenvalue weighted by Crippen LogP contribution is 2.24. The number of fused-ring (bicyclic) bond motifs is 1. The molecule has 1 aromatic heterocycles. The first-order valence-corrected chi connectivity index (χ1v) is 8.68. The Morgan fingerprint density at radius 3 is 2.76 bits per heavy atom. The lowest BCUT2D eigenvalue weighted by Crippen LogP contribution is -2.42. The zero-order valence-electron chi connectivity index (χ0n) is 14.0. The monoisotopic (exact) mass is 364 g/mol. The molecule has 0 bridgehead atoms. The van der Waals surface area contributed by atoms with Gasteiger partial charge in [0.2, 0.25) is 5.91 Å². The summed E-state index contributed by atoms with van der Waals surface area (Å²) in [6.07, 6.45) is 1.97. The number of aromatic amines is 1. The minimum absolute atomic E-state index is 0.0738. The van der Waals surface area contributed by atoms with Gasteiger partial charge in [-0.2, -0.15) is 0 Å². The number of H-pyrrole nitrogens is 1. The zero-order valence-corrected chi connectivity index (χ0v) is 14.8. The van der Waals surface area contributed by atoms with Crippen molar-refractivity contribution in [3.63, 3.8) is 0 Å². The fourth-order valence-corrected chi connectivity index (χ4v) is 3.00. The number of carboxylic acids is 1. The van der Waals surface area contributed by atoms with Gasteiger partial charge in [0, 0.05) is 42.6 Å². The molecular weight excluding hydrogens is 344 g/mol. The standard InChI is InChI=1S/C17H20N2O5S/c1-10(20)25-6-5-16(21)19-15(17(22)23)7-11-9-18-14-4-3-12(24-2)8-13(11)14/h3-4,8-9,15,18H,5-7H2,1-2H3,(H,19,21)(H,22,23). The Balaban J connectivity index is 2.07. The van der Waals surface area contributed by atoms with Gasteiger partial charge < -0.3 is 20.1 Å². The van der Waals surface area contributed by atoms with Gasteiger partial charge in [-0.25, -0.2) is 4.79 Å². The van der Waals surface area contributed by atoms with Crippen LogP contribution in [0.3, 0.4) is 0 Å². The van der Waals surface area contributed by atoms with E-state index in [1.54, 1.807) is 13.3 Å². The van der Waals surface area contributed by atoms with Crippen LogP contribution in [0.4, 0.5) is 0 Å². The molecule has 0 saturated carbocycles. The van der Waals surface area contributed by atoms with E-state index in [1.807, 2.05) is 18.2 Å². The Hall–Kier alpha value is -2.48. The number of aromatic nitrogens is 1. The van der Waals surface area contributed by atoms with E-state index in [2.05, 4.69) is 10.3 Å². The van der Waals surface area contributed by atoms with E-state index in [0.29, 0.717) is 11.5 Å².